The topological polar surface area (TPSA) is 35.5 Å². The summed E-state index contributed by atoms with van der Waals surface area (Å²) in [5.74, 6) is 1.97. The maximum absolute atomic E-state index is 11.9. The van der Waals surface area contributed by atoms with Crippen LogP contribution in [0.25, 0.3) is 0 Å². The van der Waals surface area contributed by atoms with Crippen molar-refractivity contribution < 1.29 is 14.3 Å². The summed E-state index contributed by atoms with van der Waals surface area (Å²) in [6.45, 7) is 2.40. The van der Waals surface area contributed by atoms with E-state index in [-0.39, 0.29) is 0 Å². The fraction of sp³-hybridized carbons (Fsp3) is 0.438. The Morgan fingerprint density at radius 1 is 1.11 bits per heavy atom. The molecule has 1 aromatic carbocycles. The second kappa shape index (κ2) is 5.08. The van der Waals surface area contributed by atoms with Crippen LogP contribution in [0.15, 0.2) is 29.3 Å². The van der Waals surface area contributed by atoms with Crippen LogP contribution in [0.2, 0.25) is 0 Å². The van der Waals surface area contributed by atoms with E-state index in [1.165, 1.54) is 11.1 Å². The summed E-state index contributed by atoms with van der Waals surface area (Å²) >= 11 is 0. The van der Waals surface area contributed by atoms with E-state index in [1.54, 1.807) is 0 Å². The molecule has 0 radical (unpaired) electrons. The van der Waals surface area contributed by atoms with Crippen LogP contribution >= 0.6 is 0 Å². The lowest BCUT2D eigenvalue weighted by molar-refractivity contribution is -0.116. The van der Waals surface area contributed by atoms with Gasteiger partial charge >= 0.3 is 0 Å². The SMILES string of the molecule is CC1=C(CCc2ccc3c(c2)OCO3)C(=O)CCC1. The molecule has 2 aliphatic rings. The van der Waals surface area contributed by atoms with E-state index in [1.807, 2.05) is 12.1 Å². The maximum atomic E-state index is 11.9. The van der Waals surface area contributed by atoms with E-state index >= 15 is 0 Å². The normalized spacial score (nSPS) is 18.1. The number of carbonyl (C=O) groups is 1. The van der Waals surface area contributed by atoms with Crippen LogP contribution in [0.3, 0.4) is 0 Å². The second-order valence-corrected chi connectivity index (χ2v) is 5.22. The van der Waals surface area contributed by atoms with Gasteiger partial charge in [-0.2, -0.15) is 0 Å². The molecule has 0 N–H and O–H groups in total. The molecule has 3 rings (SSSR count). The van der Waals surface area contributed by atoms with Gasteiger partial charge in [0.2, 0.25) is 6.79 Å². The van der Waals surface area contributed by atoms with E-state index in [0.717, 1.165) is 42.8 Å². The number of benzene rings is 1. The number of rotatable bonds is 3. The molecule has 0 saturated heterocycles. The number of carbonyl (C=O) groups excluding carboxylic acids is 1. The van der Waals surface area contributed by atoms with Crippen LogP contribution in [0.1, 0.15) is 38.2 Å². The molecule has 0 aromatic heterocycles. The highest BCUT2D eigenvalue weighted by Crippen LogP contribution is 2.33. The minimum atomic E-state index is 0.307. The van der Waals surface area contributed by atoms with E-state index in [2.05, 4.69) is 13.0 Å². The van der Waals surface area contributed by atoms with Crippen LogP contribution < -0.4 is 9.47 Å². The maximum Gasteiger partial charge on any atom is 0.231 e. The molecule has 0 bridgehead atoms. The summed E-state index contributed by atoms with van der Waals surface area (Å²) in [6.07, 6.45) is 4.52. The Balaban J connectivity index is 1.71. The first-order chi connectivity index (χ1) is 9.24. The number of ketones is 1. The number of hydrogen-bond donors (Lipinski definition) is 0. The van der Waals surface area contributed by atoms with Crippen molar-refractivity contribution >= 4 is 5.78 Å². The molecule has 1 aromatic rings. The summed E-state index contributed by atoms with van der Waals surface area (Å²) in [4.78, 5) is 11.9. The lowest BCUT2D eigenvalue weighted by Gasteiger charge is -2.16. The second-order valence-electron chi connectivity index (χ2n) is 5.22. The van der Waals surface area contributed by atoms with Crippen molar-refractivity contribution in [2.75, 3.05) is 6.79 Å². The monoisotopic (exact) mass is 258 g/mol. The zero-order valence-electron chi connectivity index (χ0n) is 11.2. The fourth-order valence-electron chi connectivity index (χ4n) is 2.77. The van der Waals surface area contributed by atoms with Crippen LogP contribution in [0.4, 0.5) is 0 Å². The van der Waals surface area contributed by atoms with Crippen molar-refractivity contribution in [3.05, 3.63) is 34.9 Å². The lowest BCUT2D eigenvalue weighted by atomic mass is 9.88. The summed E-state index contributed by atoms with van der Waals surface area (Å²) in [5, 5.41) is 0. The number of allylic oxidation sites excluding steroid dienone is 2. The predicted octanol–water partition coefficient (Wildman–Crippen LogP) is 3.42. The molecular formula is C16H18O3. The van der Waals surface area contributed by atoms with Gasteiger partial charge in [-0.3, -0.25) is 4.79 Å². The quantitative estimate of drug-likeness (QED) is 0.833. The van der Waals surface area contributed by atoms with Crippen molar-refractivity contribution in [1.82, 2.24) is 0 Å². The Morgan fingerprint density at radius 2 is 1.95 bits per heavy atom. The molecule has 0 fully saturated rings. The summed E-state index contributed by atoms with van der Waals surface area (Å²) < 4.78 is 10.7. The highest BCUT2D eigenvalue weighted by molar-refractivity contribution is 5.96. The Bertz CT molecular complexity index is 543. The van der Waals surface area contributed by atoms with Crippen molar-refractivity contribution in [1.29, 1.82) is 0 Å². The molecule has 3 nitrogen and oxygen atoms in total. The molecule has 0 spiro atoms. The number of ether oxygens (including phenoxy) is 2. The fourth-order valence-corrected chi connectivity index (χ4v) is 2.77. The third-order valence-corrected chi connectivity index (χ3v) is 3.91. The number of Topliss-reactive ketones (excluding diaryl/α,β-unsaturated/α-hetero) is 1. The summed E-state index contributed by atoms with van der Waals surface area (Å²) in [6, 6.07) is 6.02. The molecule has 0 saturated carbocycles. The Hall–Kier alpha value is -1.77. The van der Waals surface area contributed by atoms with Gasteiger partial charge in [-0.05, 0) is 55.9 Å². The van der Waals surface area contributed by atoms with E-state index in [4.69, 9.17) is 9.47 Å². The first kappa shape index (κ1) is 12.3. The predicted molar refractivity (Wildman–Crippen MR) is 72.4 cm³/mol. The molecule has 100 valence electrons. The van der Waals surface area contributed by atoms with Gasteiger partial charge in [-0.15, -0.1) is 0 Å². The Kier molecular flexibility index (Phi) is 3.28. The average Bonchev–Trinajstić information content (AvgIpc) is 2.85. The van der Waals surface area contributed by atoms with Crippen molar-refractivity contribution in [3.8, 4) is 11.5 Å². The highest BCUT2D eigenvalue weighted by atomic mass is 16.7. The van der Waals surface area contributed by atoms with Gasteiger partial charge in [0.25, 0.3) is 0 Å². The summed E-state index contributed by atoms with van der Waals surface area (Å²) in [5.41, 5.74) is 3.52. The van der Waals surface area contributed by atoms with Gasteiger partial charge in [0, 0.05) is 6.42 Å². The molecule has 0 atom stereocenters. The smallest absolute Gasteiger partial charge is 0.231 e. The number of aryl methyl sites for hydroxylation is 1. The molecule has 19 heavy (non-hydrogen) atoms. The molecule has 3 heteroatoms. The van der Waals surface area contributed by atoms with Crippen LogP contribution in [0, 0.1) is 0 Å². The first-order valence-electron chi connectivity index (χ1n) is 6.84. The van der Waals surface area contributed by atoms with Crippen molar-refractivity contribution in [2.24, 2.45) is 0 Å². The standard InChI is InChI=1S/C16H18O3/c1-11-3-2-4-14(17)13(11)7-5-12-6-8-15-16(9-12)19-10-18-15/h6,8-9H,2-5,7,10H2,1H3. The zero-order chi connectivity index (χ0) is 13.2. The van der Waals surface area contributed by atoms with Crippen LogP contribution in [0.5, 0.6) is 11.5 Å². The number of hydrogen-bond acceptors (Lipinski definition) is 3. The van der Waals surface area contributed by atoms with Gasteiger partial charge in [0.15, 0.2) is 17.3 Å². The minimum absolute atomic E-state index is 0.307. The van der Waals surface area contributed by atoms with Gasteiger partial charge in [0.1, 0.15) is 0 Å². The summed E-state index contributed by atoms with van der Waals surface area (Å²) in [7, 11) is 0. The van der Waals surface area contributed by atoms with Gasteiger partial charge in [-0.25, -0.2) is 0 Å². The minimum Gasteiger partial charge on any atom is -0.454 e. The molecule has 0 amide bonds. The largest absolute Gasteiger partial charge is 0.454 e. The average molecular weight is 258 g/mol. The molecule has 1 heterocycles. The van der Waals surface area contributed by atoms with Crippen molar-refractivity contribution in [2.45, 2.75) is 39.0 Å². The van der Waals surface area contributed by atoms with Gasteiger partial charge in [0.05, 0.1) is 0 Å². The third-order valence-electron chi connectivity index (χ3n) is 3.91. The van der Waals surface area contributed by atoms with Gasteiger partial charge in [-0.1, -0.05) is 11.6 Å². The first-order valence-corrected chi connectivity index (χ1v) is 6.84. The van der Waals surface area contributed by atoms with E-state index in [9.17, 15) is 4.79 Å². The van der Waals surface area contributed by atoms with Gasteiger partial charge < -0.3 is 9.47 Å². The Labute approximate surface area is 113 Å². The lowest BCUT2D eigenvalue weighted by Crippen LogP contribution is -2.11. The Morgan fingerprint density at radius 3 is 2.79 bits per heavy atom. The van der Waals surface area contributed by atoms with E-state index in [0.29, 0.717) is 19.0 Å². The van der Waals surface area contributed by atoms with Crippen LogP contribution in [-0.4, -0.2) is 12.6 Å². The third kappa shape index (κ3) is 2.50. The number of fused-ring (bicyclic) bond motifs is 1. The molecule has 0 unspecified atom stereocenters. The molecular weight excluding hydrogens is 240 g/mol. The van der Waals surface area contributed by atoms with Crippen LogP contribution in [-0.2, 0) is 11.2 Å². The molecule has 1 aliphatic carbocycles. The molecule has 1 aliphatic heterocycles. The highest BCUT2D eigenvalue weighted by Gasteiger charge is 2.18. The van der Waals surface area contributed by atoms with E-state index < -0.39 is 0 Å². The van der Waals surface area contributed by atoms with Crippen molar-refractivity contribution in [3.63, 3.8) is 0 Å². The zero-order valence-corrected chi connectivity index (χ0v) is 11.2.